The van der Waals surface area contributed by atoms with Crippen LogP contribution in [-0.4, -0.2) is 41.3 Å². The molecule has 0 aliphatic carbocycles. The normalized spacial score (nSPS) is 13.5. The number of aromatic nitrogens is 7. The molecule has 0 fully saturated rings. The Kier molecular flexibility index (Phi) is 5.43. The van der Waals surface area contributed by atoms with Gasteiger partial charge in [0.25, 0.3) is 5.89 Å². The summed E-state index contributed by atoms with van der Waals surface area (Å²) in [5.41, 5.74) is 1.86. The van der Waals surface area contributed by atoms with E-state index in [1.807, 2.05) is 4.90 Å². The Morgan fingerprint density at radius 2 is 1.94 bits per heavy atom. The van der Waals surface area contributed by atoms with E-state index >= 15 is 0 Å². The predicted octanol–water partition coefficient (Wildman–Crippen LogP) is 3.91. The molecule has 0 spiro atoms. The molecule has 174 valence electrons. The van der Waals surface area contributed by atoms with Gasteiger partial charge < -0.3 is 14.3 Å². The number of hydrogen-bond acceptors (Lipinski definition) is 7. The third-order valence-corrected chi connectivity index (χ3v) is 5.14. The van der Waals surface area contributed by atoms with Crippen molar-refractivity contribution in [2.45, 2.75) is 19.1 Å². The summed E-state index contributed by atoms with van der Waals surface area (Å²) in [6.45, 7) is 1.38. The molecule has 6 rings (SSSR count). The zero-order valence-electron chi connectivity index (χ0n) is 17.4. The number of pyridine rings is 2. The lowest BCUT2D eigenvalue weighted by Gasteiger charge is -2.23. The average molecular weight is 472 g/mol. The number of aromatic amines is 1. The molecule has 1 aliphatic heterocycles. The van der Waals surface area contributed by atoms with Gasteiger partial charge in [0.1, 0.15) is 5.69 Å². The molecule has 0 bridgehead atoms. The van der Waals surface area contributed by atoms with Gasteiger partial charge in [-0.3, -0.25) is 0 Å². The molecule has 0 saturated carbocycles. The van der Waals surface area contributed by atoms with Crippen molar-refractivity contribution in [1.29, 1.82) is 0 Å². The summed E-state index contributed by atoms with van der Waals surface area (Å²) in [7, 11) is 0. The molecule has 0 aromatic carbocycles. The zero-order chi connectivity index (χ0) is 23.7. The molecular formula is C21H16F4N8O. The molecular weight excluding hydrogens is 456 g/mol. The fourth-order valence-corrected chi connectivity index (χ4v) is 3.54. The van der Waals surface area contributed by atoms with Crippen molar-refractivity contribution in [2.24, 2.45) is 0 Å². The molecule has 0 saturated heterocycles. The Morgan fingerprint density at radius 1 is 1.06 bits per heavy atom. The molecule has 0 unspecified atom stereocenters. The number of fused-ring (bicyclic) bond motifs is 2. The molecule has 1 N–H and O–H groups in total. The van der Waals surface area contributed by atoms with Gasteiger partial charge in [-0.05, 0) is 30.3 Å². The van der Waals surface area contributed by atoms with Crippen LogP contribution in [0.15, 0.2) is 59.5 Å². The van der Waals surface area contributed by atoms with E-state index in [9.17, 15) is 17.6 Å². The minimum absolute atomic E-state index is 0.0787. The van der Waals surface area contributed by atoms with Crippen molar-refractivity contribution < 1.29 is 22.0 Å². The van der Waals surface area contributed by atoms with E-state index < -0.39 is 17.7 Å². The molecule has 0 radical (unpaired) electrons. The number of anilines is 1. The van der Waals surface area contributed by atoms with E-state index in [-0.39, 0.29) is 11.4 Å². The van der Waals surface area contributed by atoms with Crippen LogP contribution in [0.5, 0.6) is 0 Å². The Morgan fingerprint density at radius 3 is 2.76 bits per heavy atom. The van der Waals surface area contributed by atoms with Crippen LogP contribution in [0.4, 0.5) is 23.6 Å². The van der Waals surface area contributed by atoms with Gasteiger partial charge in [-0.2, -0.15) is 22.7 Å². The van der Waals surface area contributed by atoms with Crippen LogP contribution >= 0.6 is 0 Å². The minimum atomic E-state index is -4.32. The Bertz CT molecular complexity index is 1420. The summed E-state index contributed by atoms with van der Waals surface area (Å²) in [5.74, 6) is -0.368. The maximum atomic E-state index is 13.1. The third-order valence-electron chi connectivity index (χ3n) is 5.14. The first kappa shape index (κ1) is 21.6. The monoisotopic (exact) mass is 472 g/mol. The lowest BCUT2D eigenvalue weighted by atomic mass is 10.1. The van der Waals surface area contributed by atoms with Gasteiger partial charge in [0, 0.05) is 25.4 Å². The second kappa shape index (κ2) is 8.57. The predicted molar refractivity (Wildman–Crippen MR) is 111 cm³/mol. The molecule has 1 aliphatic rings. The van der Waals surface area contributed by atoms with Gasteiger partial charge in [0.2, 0.25) is 5.95 Å². The van der Waals surface area contributed by atoms with E-state index in [2.05, 4.69) is 30.2 Å². The van der Waals surface area contributed by atoms with Crippen molar-refractivity contribution >= 4 is 11.5 Å². The Hall–Kier alpha value is -4.29. The van der Waals surface area contributed by atoms with Crippen LogP contribution in [-0.2, 0) is 19.1 Å². The topological polar surface area (TPSA) is 101 Å². The number of alkyl halides is 3. The fraction of sp³-hybridized carbons (Fsp3) is 0.190. The number of hydrogen-bond donors (Lipinski definition) is 1. The smallest absolute Gasteiger partial charge is 0.402 e. The van der Waals surface area contributed by atoms with Crippen molar-refractivity contribution in [3.05, 3.63) is 78.0 Å². The first-order valence-corrected chi connectivity index (χ1v) is 10.1. The summed E-state index contributed by atoms with van der Waals surface area (Å²) in [6.07, 6.45) is 0.997. The van der Waals surface area contributed by atoms with Crippen molar-refractivity contribution in [1.82, 2.24) is 34.8 Å². The average Bonchev–Trinajstić information content (AvgIpc) is 3.58. The standard InChI is InChI=1S/C13H11FN6O.C8H5F3N2/c14-11-3-1-2-9(17-11)12-18-19-13(21-12)20-5-4-8-10(6-20)16-7-15-8;9-8(10,11)6-2-1-5-13-7(6)3-4-12-13/h1-3,7H,4-6H2,(H,15,16);1-5H. The SMILES string of the molecule is FC(F)(F)c1cccn2nccc12.Fc1cccc(-c2nnc(N3CCc4nc[nH]c4C3)o2)n1. The summed E-state index contributed by atoms with van der Waals surface area (Å²) < 4.78 is 57.0. The summed E-state index contributed by atoms with van der Waals surface area (Å²) in [6, 6.07) is 8.55. The summed E-state index contributed by atoms with van der Waals surface area (Å²) in [4.78, 5) is 13.0. The maximum absolute atomic E-state index is 13.1. The lowest BCUT2D eigenvalue weighted by Crippen LogP contribution is -2.30. The van der Waals surface area contributed by atoms with Crippen LogP contribution in [0.1, 0.15) is 17.0 Å². The first-order chi connectivity index (χ1) is 16.4. The molecule has 34 heavy (non-hydrogen) atoms. The van der Waals surface area contributed by atoms with E-state index in [1.54, 1.807) is 18.5 Å². The van der Waals surface area contributed by atoms with E-state index in [0.717, 1.165) is 30.4 Å². The quantitative estimate of drug-likeness (QED) is 0.307. The molecule has 5 aromatic heterocycles. The largest absolute Gasteiger partial charge is 0.418 e. The lowest BCUT2D eigenvalue weighted by molar-refractivity contribution is -0.136. The third kappa shape index (κ3) is 4.31. The number of rotatable bonds is 2. The highest BCUT2D eigenvalue weighted by molar-refractivity contribution is 5.54. The highest BCUT2D eigenvalue weighted by Gasteiger charge is 2.32. The van der Waals surface area contributed by atoms with Crippen LogP contribution in [0, 0.1) is 5.95 Å². The Labute approximate surface area is 189 Å². The van der Waals surface area contributed by atoms with Crippen LogP contribution in [0.2, 0.25) is 0 Å². The highest BCUT2D eigenvalue weighted by Crippen LogP contribution is 2.32. The molecule has 0 amide bonds. The van der Waals surface area contributed by atoms with Gasteiger partial charge in [0.05, 0.1) is 35.3 Å². The van der Waals surface area contributed by atoms with Gasteiger partial charge in [-0.1, -0.05) is 11.2 Å². The van der Waals surface area contributed by atoms with Gasteiger partial charge >= 0.3 is 12.2 Å². The Balaban J connectivity index is 0.000000159. The highest BCUT2D eigenvalue weighted by atomic mass is 19.4. The van der Waals surface area contributed by atoms with Crippen LogP contribution in [0.25, 0.3) is 17.1 Å². The van der Waals surface area contributed by atoms with Crippen molar-refractivity contribution in [2.75, 3.05) is 11.4 Å². The number of nitrogens with one attached hydrogen (secondary N) is 1. The minimum Gasteiger partial charge on any atom is -0.402 e. The number of imidazole rings is 1. The number of H-pyrrole nitrogens is 1. The van der Waals surface area contributed by atoms with Crippen molar-refractivity contribution in [3.8, 4) is 11.6 Å². The molecule has 9 nitrogen and oxygen atoms in total. The molecule has 0 atom stereocenters. The van der Waals surface area contributed by atoms with Crippen LogP contribution < -0.4 is 4.90 Å². The summed E-state index contributed by atoms with van der Waals surface area (Å²) >= 11 is 0. The van der Waals surface area contributed by atoms with E-state index in [0.29, 0.717) is 18.3 Å². The summed E-state index contributed by atoms with van der Waals surface area (Å²) in [5, 5.41) is 11.7. The van der Waals surface area contributed by atoms with Crippen LogP contribution in [0.3, 0.4) is 0 Å². The molecule has 6 heterocycles. The second-order valence-electron chi connectivity index (χ2n) is 7.32. The van der Waals surface area contributed by atoms with Crippen molar-refractivity contribution in [3.63, 3.8) is 0 Å². The van der Waals surface area contributed by atoms with Gasteiger partial charge in [0.15, 0.2) is 0 Å². The molecule has 5 aromatic rings. The van der Waals surface area contributed by atoms with Gasteiger partial charge in [-0.25, -0.2) is 14.5 Å². The van der Waals surface area contributed by atoms with Gasteiger partial charge in [-0.15, -0.1) is 5.10 Å². The second-order valence-corrected chi connectivity index (χ2v) is 7.32. The number of halogens is 4. The number of nitrogens with zero attached hydrogens (tertiary/aromatic N) is 7. The first-order valence-electron chi connectivity index (χ1n) is 10.1. The van der Waals surface area contributed by atoms with E-state index in [1.165, 1.54) is 35.1 Å². The molecule has 13 heteroatoms. The van der Waals surface area contributed by atoms with E-state index in [4.69, 9.17) is 4.42 Å². The fourth-order valence-electron chi connectivity index (χ4n) is 3.54. The zero-order valence-corrected chi connectivity index (χ0v) is 17.4. The maximum Gasteiger partial charge on any atom is 0.418 e.